The summed E-state index contributed by atoms with van der Waals surface area (Å²) >= 11 is 6.27. The van der Waals surface area contributed by atoms with Crippen LogP contribution in [0.4, 0.5) is 0 Å². The molecule has 1 aliphatic rings. The molecular formula is C21H22ClN3O. The predicted molar refractivity (Wildman–Crippen MR) is 103 cm³/mol. The molecule has 0 saturated heterocycles. The minimum atomic E-state index is 0.709. The van der Waals surface area contributed by atoms with Gasteiger partial charge in [-0.1, -0.05) is 30.7 Å². The molecule has 26 heavy (non-hydrogen) atoms. The van der Waals surface area contributed by atoms with E-state index in [2.05, 4.69) is 16.8 Å². The summed E-state index contributed by atoms with van der Waals surface area (Å²) < 4.78 is 6.03. The van der Waals surface area contributed by atoms with E-state index in [1.807, 2.05) is 42.6 Å². The third-order valence-corrected chi connectivity index (χ3v) is 5.05. The molecule has 0 atom stereocenters. The van der Waals surface area contributed by atoms with Crippen molar-refractivity contribution in [3.05, 3.63) is 70.5 Å². The van der Waals surface area contributed by atoms with Crippen LogP contribution in [0.25, 0.3) is 11.3 Å². The van der Waals surface area contributed by atoms with Gasteiger partial charge >= 0.3 is 0 Å². The van der Waals surface area contributed by atoms with E-state index in [1.54, 1.807) is 0 Å². The molecule has 2 aromatic heterocycles. The average Bonchev–Trinajstić information content (AvgIpc) is 3.11. The maximum atomic E-state index is 6.27. The molecule has 3 heterocycles. The second-order valence-corrected chi connectivity index (χ2v) is 7.12. The van der Waals surface area contributed by atoms with Crippen molar-refractivity contribution in [3.8, 4) is 11.3 Å². The summed E-state index contributed by atoms with van der Waals surface area (Å²) in [6.07, 6.45) is 4.99. The van der Waals surface area contributed by atoms with Crippen LogP contribution in [0, 0.1) is 0 Å². The minimum absolute atomic E-state index is 0.709. The van der Waals surface area contributed by atoms with E-state index in [1.165, 1.54) is 11.3 Å². The van der Waals surface area contributed by atoms with Gasteiger partial charge in [-0.2, -0.15) is 0 Å². The molecule has 0 amide bonds. The fourth-order valence-corrected chi connectivity index (χ4v) is 3.61. The second-order valence-electron chi connectivity index (χ2n) is 6.71. The normalized spacial score (nSPS) is 14.4. The first-order valence-corrected chi connectivity index (χ1v) is 9.50. The van der Waals surface area contributed by atoms with Crippen LogP contribution in [0.3, 0.4) is 0 Å². The fraction of sp³-hybridized carbons (Fsp3) is 0.333. The maximum absolute atomic E-state index is 6.27. The lowest BCUT2D eigenvalue weighted by molar-refractivity contribution is 0.224. The lowest BCUT2D eigenvalue weighted by atomic mass is 10.1. The quantitative estimate of drug-likeness (QED) is 0.643. The molecule has 5 heteroatoms. The van der Waals surface area contributed by atoms with Gasteiger partial charge in [0.2, 0.25) is 0 Å². The molecule has 3 aromatic rings. The summed E-state index contributed by atoms with van der Waals surface area (Å²) in [6, 6.07) is 11.8. The summed E-state index contributed by atoms with van der Waals surface area (Å²) in [6.45, 7) is 4.78. The van der Waals surface area contributed by atoms with Gasteiger partial charge in [0.05, 0.1) is 11.6 Å². The minimum Gasteiger partial charge on any atom is -0.460 e. The van der Waals surface area contributed by atoms with E-state index >= 15 is 0 Å². The molecular weight excluding hydrogens is 346 g/mol. The van der Waals surface area contributed by atoms with E-state index in [-0.39, 0.29) is 0 Å². The maximum Gasteiger partial charge on any atom is 0.135 e. The van der Waals surface area contributed by atoms with Gasteiger partial charge in [0.15, 0.2) is 0 Å². The van der Waals surface area contributed by atoms with Crippen molar-refractivity contribution in [2.45, 2.75) is 39.3 Å². The molecule has 1 aliphatic heterocycles. The number of hydrogen-bond donors (Lipinski definition) is 0. The van der Waals surface area contributed by atoms with Crippen molar-refractivity contribution >= 4 is 11.6 Å². The number of furan rings is 1. The lowest BCUT2D eigenvalue weighted by Gasteiger charge is -2.27. The zero-order valence-corrected chi connectivity index (χ0v) is 15.7. The Morgan fingerprint density at radius 2 is 2.08 bits per heavy atom. The third kappa shape index (κ3) is 3.67. The van der Waals surface area contributed by atoms with Gasteiger partial charge in [0, 0.05) is 48.9 Å². The number of aromatic nitrogens is 2. The van der Waals surface area contributed by atoms with Crippen LogP contribution >= 0.6 is 11.6 Å². The summed E-state index contributed by atoms with van der Waals surface area (Å²) in [5, 5.41) is 0.709. The summed E-state index contributed by atoms with van der Waals surface area (Å²) in [5.74, 6) is 2.73. The van der Waals surface area contributed by atoms with Crippen LogP contribution in [-0.4, -0.2) is 21.4 Å². The molecule has 134 valence electrons. The van der Waals surface area contributed by atoms with E-state index in [0.29, 0.717) is 5.02 Å². The third-order valence-electron chi connectivity index (χ3n) is 4.72. The van der Waals surface area contributed by atoms with Gasteiger partial charge in [-0.05, 0) is 30.7 Å². The van der Waals surface area contributed by atoms with Gasteiger partial charge in [0.25, 0.3) is 0 Å². The van der Waals surface area contributed by atoms with Crippen molar-refractivity contribution in [2.75, 3.05) is 6.54 Å². The molecule has 0 saturated carbocycles. The van der Waals surface area contributed by atoms with Crippen LogP contribution in [0.5, 0.6) is 0 Å². The summed E-state index contributed by atoms with van der Waals surface area (Å²) in [5.41, 5.74) is 3.37. The molecule has 0 unspecified atom stereocenters. The highest BCUT2D eigenvalue weighted by molar-refractivity contribution is 6.33. The molecule has 0 bridgehead atoms. The van der Waals surface area contributed by atoms with Crippen molar-refractivity contribution in [3.63, 3.8) is 0 Å². The van der Waals surface area contributed by atoms with Crippen molar-refractivity contribution in [2.24, 2.45) is 0 Å². The smallest absolute Gasteiger partial charge is 0.135 e. The van der Waals surface area contributed by atoms with Gasteiger partial charge in [-0.3, -0.25) is 4.90 Å². The van der Waals surface area contributed by atoms with Crippen LogP contribution in [0.15, 0.2) is 47.0 Å². The van der Waals surface area contributed by atoms with E-state index in [4.69, 9.17) is 21.0 Å². The van der Waals surface area contributed by atoms with E-state index in [0.717, 1.165) is 61.8 Å². The van der Waals surface area contributed by atoms with Crippen LogP contribution in [0.1, 0.15) is 36.2 Å². The number of benzene rings is 1. The van der Waals surface area contributed by atoms with E-state index < -0.39 is 0 Å². The van der Waals surface area contributed by atoms with Crippen molar-refractivity contribution in [1.82, 2.24) is 14.9 Å². The van der Waals surface area contributed by atoms with Gasteiger partial charge in [-0.15, -0.1) is 0 Å². The Morgan fingerprint density at radius 3 is 2.92 bits per heavy atom. The largest absolute Gasteiger partial charge is 0.460 e. The fourth-order valence-electron chi connectivity index (χ4n) is 3.38. The Morgan fingerprint density at radius 1 is 1.19 bits per heavy atom. The Labute approximate surface area is 158 Å². The standard InChI is InChI=1S/C21H22ClN3O/c1-2-5-21-23-12-15-13-25(11-10-19(15)24-21)14-16-8-9-20(26-16)17-6-3-4-7-18(17)22/h3-4,6-9,12H,2,5,10-11,13-14H2,1H3. The van der Waals surface area contributed by atoms with Crippen LogP contribution in [0.2, 0.25) is 5.02 Å². The number of halogens is 1. The van der Waals surface area contributed by atoms with Gasteiger partial charge < -0.3 is 4.42 Å². The number of hydrogen-bond acceptors (Lipinski definition) is 4. The zero-order valence-electron chi connectivity index (χ0n) is 14.9. The predicted octanol–water partition coefficient (Wildman–Crippen LogP) is 4.90. The molecule has 0 N–H and O–H groups in total. The number of rotatable bonds is 5. The van der Waals surface area contributed by atoms with Gasteiger partial charge in [0.1, 0.15) is 17.3 Å². The Bertz CT molecular complexity index is 906. The van der Waals surface area contributed by atoms with Crippen molar-refractivity contribution in [1.29, 1.82) is 0 Å². The first-order valence-electron chi connectivity index (χ1n) is 9.12. The average molecular weight is 368 g/mol. The van der Waals surface area contributed by atoms with Crippen LogP contribution < -0.4 is 0 Å². The molecule has 4 rings (SSSR count). The summed E-state index contributed by atoms with van der Waals surface area (Å²) in [4.78, 5) is 11.6. The number of nitrogens with zero attached hydrogens (tertiary/aromatic N) is 3. The number of fused-ring (bicyclic) bond motifs is 1. The number of aryl methyl sites for hydroxylation is 1. The highest BCUT2D eigenvalue weighted by Crippen LogP contribution is 2.30. The highest BCUT2D eigenvalue weighted by Gasteiger charge is 2.20. The molecule has 0 aliphatic carbocycles. The highest BCUT2D eigenvalue weighted by atomic mass is 35.5. The monoisotopic (exact) mass is 367 g/mol. The Balaban J connectivity index is 1.45. The Kier molecular flexibility index (Phi) is 5.05. The molecule has 0 radical (unpaired) electrons. The summed E-state index contributed by atoms with van der Waals surface area (Å²) in [7, 11) is 0. The first-order chi connectivity index (χ1) is 12.7. The topological polar surface area (TPSA) is 42.2 Å². The molecule has 1 aromatic carbocycles. The van der Waals surface area contributed by atoms with Gasteiger partial charge in [-0.25, -0.2) is 9.97 Å². The van der Waals surface area contributed by atoms with E-state index in [9.17, 15) is 0 Å². The van der Waals surface area contributed by atoms with Crippen molar-refractivity contribution < 1.29 is 4.42 Å². The zero-order chi connectivity index (χ0) is 17.9. The molecule has 0 spiro atoms. The Hall–Kier alpha value is -2.17. The SMILES string of the molecule is CCCc1ncc2c(n1)CCN(Cc1ccc(-c3ccccc3Cl)o1)C2. The van der Waals surface area contributed by atoms with Crippen LogP contribution in [-0.2, 0) is 25.9 Å². The first kappa shape index (κ1) is 17.3. The second kappa shape index (κ2) is 7.60. The molecule has 0 fully saturated rings. The lowest BCUT2D eigenvalue weighted by Crippen LogP contribution is -2.31. The molecule has 4 nitrogen and oxygen atoms in total.